The van der Waals surface area contributed by atoms with Crippen LogP contribution >= 0.6 is 23.2 Å². The van der Waals surface area contributed by atoms with Crippen molar-refractivity contribution >= 4 is 52.2 Å². The number of nitrogens with zero attached hydrogens (tertiary/aromatic N) is 4. The molecule has 0 saturated heterocycles. The number of amides is 2. The van der Waals surface area contributed by atoms with Crippen LogP contribution in [-0.2, 0) is 9.59 Å². The number of halogens is 2. The minimum absolute atomic E-state index is 0.244. The Hall–Kier alpha value is -3.86. The predicted octanol–water partition coefficient (Wildman–Crippen LogP) is 6.03. The van der Waals surface area contributed by atoms with Gasteiger partial charge in [0.1, 0.15) is 12.3 Å². The normalized spacial score (nSPS) is 14.6. The Balaban J connectivity index is 1.62. The number of hydrogen-bond donors (Lipinski definition) is 1. The van der Waals surface area contributed by atoms with Crippen LogP contribution in [0.3, 0.4) is 0 Å². The molecule has 36 heavy (non-hydrogen) atoms. The molecular weight excluding hydrogens is 497 g/mol. The molecule has 1 aliphatic rings. The average molecular weight is 520 g/mol. The van der Waals surface area contributed by atoms with E-state index in [4.69, 9.17) is 23.2 Å². The van der Waals surface area contributed by atoms with Gasteiger partial charge in [-0.1, -0.05) is 77.8 Å². The van der Waals surface area contributed by atoms with Gasteiger partial charge in [-0.3, -0.25) is 9.59 Å². The number of rotatable bonds is 7. The molecule has 2 amide bonds. The van der Waals surface area contributed by atoms with Crippen LogP contribution in [0, 0.1) is 11.3 Å². The number of hydrogen-bond acceptors (Lipinski definition) is 5. The van der Waals surface area contributed by atoms with Crippen molar-refractivity contribution < 1.29 is 9.59 Å². The number of nitriles is 1. The zero-order chi connectivity index (χ0) is 25.5. The van der Waals surface area contributed by atoms with E-state index in [0.717, 1.165) is 5.56 Å². The summed E-state index contributed by atoms with van der Waals surface area (Å²) in [4.78, 5) is 27.9. The minimum atomic E-state index is -0.490. The Morgan fingerprint density at radius 1 is 1.00 bits per heavy atom. The lowest BCUT2D eigenvalue weighted by Crippen LogP contribution is -2.31. The molecule has 0 fully saturated rings. The molecule has 1 unspecified atom stereocenters. The molecule has 9 heteroatoms. The molecule has 0 aromatic heterocycles. The molecule has 1 heterocycles. The van der Waals surface area contributed by atoms with Crippen molar-refractivity contribution in [3.05, 3.63) is 94.5 Å². The van der Waals surface area contributed by atoms with Gasteiger partial charge in [0.25, 0.3) is 5.91 Å². The van der Waals surface area contributed by atoms with Gasteiger partial charge >= 0.3 is 0 Å². The van der Waals surface area contributed by atoms with E-state index < -0.39 is 24.3 Å². The quantitative estimate of drug-likeness (QED) is 0.386. The highest BCUT2D eigenvalue weighted by molar-refractivity contribution is 6.34. The standard InChI is InChI=1S/C27H23Cl2N5O2/c28-20-11-4-6-13-22(20)31-26(35)18-27(36)34-24(19-9-2-1-3-10-19)17-25(32-34)33(16-8-15-30)23-14-7-5-12-21(23)29/h1-7,9-14,24H,8,16-18H2,(H,31,35). The van der Waals surface area contributed by atoms with Crippen LogP contribution in [0.1, 0.15) is 30.9 Å². The first-order valence-electron chi connectivity index (χ1n) is 11.4. The molecule has 0 aliphatic carbocycles. The third-order valence-electron chi connectivity index (χ3n) is 5.70. The Labute approximate surface area is 219 Å². The molecule has 0 bridgehead atoms. The van der Waals surface area contributed by atoms with Crippen LogP contribution in [0.4, 0.5) is 11.4 Å². The summed E-state index contributed by atoms with van der Waals surface area (Å²) in [6.45, 7) is 0.357. The van der Waals surface area contributed by atoms with Gasteiger partial charge in [-0.15, -0.1) is 0 Å². The van der Waals surface area contributed by atoms with E-state index >= 15 is 0 Å². The van der Waals surface area contributed by atoms with Crippen molar-refractivity contribution in [3.63, 3.8) is 0 Å². The molecule has 0 radical (unpaired) electrons. The summed E-state index contributed by atoms with van der Waals surface area (Å²) in [5.74, 6) is -0.356. The van der Waals surface area contributed by atoms with Crippen LogP contribution in [0.5, 0.6) is 0 Å². The van der Waals surface area contributed by atoms with Gasteiger partial charge in [0.15, 0.2) is 0 Å². The number of carbonyl (C=O) groups is 2. The van der Waals surface area contributed by atoms with Crippen molar-refractivity contribution in [2.45, 2.75) is 25.3 Å². The molecule has 0 spiro atoms. The number of anilines is 2. The number of carbonyl (C=O) groups excluding carboxylic acids is 2. The second kappa shape index (κ2) is 11.7. The second-order valence-corrected chi connectivity index (χ2v) is 8.92. The van der Waals surface area contributed by atoms with E-state index in [2.05, 4.69) is 16.5 Å². The first kappa shape index (κ1) is 25.2. The number of amidine groups is 1. The summed E-state index contributed by atoms with van der Waals surface area (Å²) in [5, 5.41) is 18.8. The number of para-hydroxylation sites is 2. The SMILES string of the molecule is N#CCCN(C1=NN(C(=O)CC(=O)Nc2ccccc2Cl)C(c2ccccc2)C1)c1ccccc1Cl. The molecule has 1 atom stereocenters. The summed E-state index contributed by atoms with van der Waals surface area (Å²) < 4.78 is 0. The lowest BCUT2D eigenvalue weighted by molar-refractivity contribution is -0.136. The fourth-order valence-corrected chi connectivity index (χ4v) is 4.44. The van der Waals surface area contributed by atoms with Gasteiger partial charge in [0.2, 0.25) is 5.91 Å². The Kier molecular flexibility index (Phi) is 8.21. The predicted molar refractivity (Wildman–Crippen MR) is 142 cm³/mol. The summed E-state index contributed by atoms with van der Waals surface area (Å²) in [6, 6.07) is 25.4. The molecule has 3 aromatic carbocycles. The van der Waals surface area contributed by atoms with Gasteiger partial charge in [-0.2, -0.15) is 10.4 Å². The third-order valence-corrected chi connectivity index (χ3v) is 6.35. The first-order valence-corrected chi connectivity index (χ1v) is 12.1. The van der Waals surface area contributed by atoms with Gasteiger partial charge in [-0.05, 0) is 29.8 Å². The van der Waals surface area contributed by atoms with Crippen LogP contribution < -0.4 is 10.2 Å². The Bertz CT molecular complexity index is 1320. The molecule has 0 saturated carbocycles. The Morgan fingerprint density at radius 2 is 1.67 bits per heavy atom. The maximum Gasteiger partial charge on any atom is 0.252 e. The Morgan fingerprint density at radius 3 is 2.36 bits per heavy atom. The summed E-state index contributed by atoms with van der Waals surface area (Å²) in [6.07, 6.45) is 0.239. The van der Waals surface area contributed by atoms with E-state index in [1.807, 2.05) is 53.4 Å². The molecular formula is C27H23Cl2N5O2. The highest BCUT2D eigenvalue weighted by Crippen LogP contribution is 2.35. The van der Waals surface area contributed by atoms with Gasteiger partial charge in [-0.25, -0.2) is 5.01 Å². The van der Waals surface area contributed by atoms with Crippen molar-refractivity contribution in [1.82, 2.24) is 5.01 Å². The highest BCUT2D eigenvalue weighted by atomic mass is 35.5. The van der Waals surface area contributed by atoms with E-state index in [1.54, 1.807) is 30.3 Å². The maximum absolute atomic E-state index is 13.3. The second-order valence-electron chi connectivity index (χ2n) is 8.10. The number of hydrazone groups is 1. The number of benzene rings is 3. The largest absolute Gasteiger partial charge is 0.326 e. The van der Waals surface area contributed by atoms with E-state index in [1.165, 1.54) is 5.01 Å². The third kappa shape index (κ3) is 5.85. The summed E-state index contributed by atoms with van der Waals surface area (Å²) in [5.41, 5.74) is 2.02. The van der Waals surface area contributed by atoms with Gasteiger partial charge in [0, 0.05) is 13.0 Å². The minimum Gasteiger partial charge on any atom is -0.326 e. The summed E-state index contributed by atoms with van der Waals surface area (Å²) in [7, 11) is 0. The van der Waals surface area contributed by atoms with Crippen molar-refractivity contribution in [2.24, 2.45) is 5.10 Å². The average Bonchev–Trinajstić information content (AvgIpc) is 3.33. The topological polar surface area (TPSA) is 88.8 Å². The van der Waals surface area contributed by atoms with Crippen molar-refractivity contribution in [1.29, 1.82) is 5.26 Å². The fraction of sp³-hybridized carbons (Fsp3) is 0.185. The molecule has 1 N–H and O–H groups in total. The zero-order valence-electron chi connectivity index (χ0n) is 19.3. The molecule has 1 aliphatic heterocycles. The smallest absolute Gasteiger partial charge is 0.252 e. The van der Waals surface area contributed by atoms with Crippen LogP contribution in [0.25, 0.3) is 0 Å². The molecule has 7 nitrogen and oxygen atoms in total. The molecule has 3 aromatic rings. The van der Waals surface area contributed by atoms with Crippen molar-refractivity contribution in [2.75, 3.05) is 16.8 Å². The number of nitrogens with one attached hydrogen (secondary N) is 1. The summed E-state index contributed by atoms with van der Waals surface area (Å²) >= 11 is 12.6. The maximum atomic E-state index is 13.3. The highest BCUT2D eigenvalue weighted by Gasteiger charge is 2.36. The lowest BCUT2D eigenvalue weighted by atomic mass is 10.0. The van der Waals surface area contributed by atoms with Crippen molar-refractivity contribution in [3.8, 4) is 6.07 Å². The van der Waals surface area contributed by atoms with E-state index in [9.17, 15) is 14.9 Å². The van der Waals surface area contributed by atoms with Crippen LogP contribution in [0.15, 0.2) is 84.0 Å². The molecule has 182 valence electrons. The van der Waals surface area contributed by atoms with Crippen LogP contribution in [-0.4, -0.2) is 29.2 Å². The van der Waals surface area contributed by atoms with E-state index in [-0.39, 0.29) is 6.42 Å². The van der Waals surface area contributed by atoms with Gasteiger partial charge < -0.3 is 10.2 Å². The van der Waals surface area contributed by atoms with Crippen LogP contribution in [0.2, 0.25) is 10.0 Å². The monoisotopic (exact) mass is 519 g/mol. The first-order chi connectivity index (χ1) is 17.5. The van der Waals surface area contributed by atoms with Gasteiger partial charge in [0.05, 0.1) is 40.0 Å². The fourth-order valence-electron chi connectivity index (χ4n) is 4.02. The zero-order valence-corrected chi connectivity index (χ0v) is 20.8. The molecule has 4 rings (SSSR count). The lowest BCUT2D eigenvalue weighted by Gasteiger charge is -2.24. The van der Waals surface area contributed by atoms with E-state index in [0.29, 0.717) is 40.2 Å².